The van der Waals surface area contributed by atoms with Crippen LogP contribution in [0, 0.1) is 18.7 Å². The highest BCUT2D eigenvalue weighted by Gasteiger charge is 2.36. The first kappa shape index (κ1) is 19.3. The number of hydrogen-bond donors (Lipinski definition) is 0. The molecule has 9 heteroatoms. The topological polar surface area (TPSA) is 73.1 Å². The average molecular weight is 416 g/mol. The number of rotatable bonds is 5. The van der Waals surface area contributed by atoms with Crippen LogP contribution < -0.4 is 4.74 Å². The van der Waals surface area contributed by atoms with Crippen molar-refractivity contribution in [3.05, 3.63) is 53.9 Å². The molecule has 0 N–H and O–H groups in total. The van der Waals surface area contributed by atoms with Gasteiger partial charge < -0.3 is 14.2 Å². The monoisotopic (exact) mass is 415 g/mol. The summed E-state index contributed by atoms with van der Waals surface area (Å²) < 4.78 is 22.0. The van der Waals surface area contributed by atoms with Gasteiger partial charge in [0.15, 0.2) is 11.6 Å². The van der Waals surface area contributed by atoms with Crippen molar-refractivity contribution in [3.63, 3.8) is 0 Å². The summed E-state index contributed by atoms with van der Waals surface area (Å²) in [6, 6.07) is 7.99. The third-order valence-electron chi connectivity index (χ3n) is 5.08. The smallest absolute Gasteiger partial charge is 0.291 e. The van der Waals surface area contributed by atoms with Crippen molar-refractivity contribution < 1.29 is 13.9 Å². The minimum absolute atomic E-state index is 0. The fourth-order valence-electron chi connectivity index (χ4n) is 3.55. The van der Waals surface area contributed by atoms with Crippen LogP contribution in [0.5, 0.6) is 11.6 Å². The minimum Gasteiger partial charge on any atom is -0.434 e. The number of carbonyl (C=O) groups excluding carboxylic acids is 1. The maximum atomic E-state index is 14.7. The number of aryl methyl sites for hydroxylation is 1. The molecule has 1 saturated carbocycles. The van der Waals surface area contributed by atoms with E-state index in [1.807, 2.05) is 16.4 Å². The minimum atomic E-state index is -0.516. The fourth-order valence-corrected chi connectivity index (χ4v) is 3.55. The van der Waals surface area contributed by atoms with Gasteiger partial charge in [0.1, 0.15) is 0 Å². The number of imidazole rings is 1. The summed E-state index contributed by atoms with van der Waals surface area (Å²) in [5.41, 5.74) is 2.12. The molecule has 0 saturated heterocycles. The summed E-state index contributed by atoms with van der Waals surface area (Å²) in [5, 5.41) is 7.51. The van der Waals surface area contributed by atoms with E-state index in [2.05, 4.69) is 15.2 Å². The van der Waals surface area contributed by atoms with E-state index in [0.29, 0.717) is 29.7 Å². The van der Waals surface area contributed by atoms with E-state index in [4.69, 9.17) is 4.74 Å². The van der Waals surface area contributed by atoms with Gasteiger partial charge in [-0.1, -0.05) is 0 Å². The van der Waals surface area contributed by atoms with Gasteiger partial charge >= 0.3 is 0 Å². The van der Waals surface area contributed by atoms with E-state index in [0.717, 1.165) is 12.2 Å². The normalized spacial score (nSPS) is 15.2. The lowest BCUT2D eigenvalue weighted by atomic mass is 10.1. The van der Waals surface area contributed by atoms with Gasteiger partial charge in [-0.05, 0) is 49.9 Å². The van der Waals surface area contributed by atoms with E-state index in [1.165, 1.54) is 25.1 Å². The zero-order chi connectivity index (χ0) is 19.3. The van der Waals surface area contributed by atoms with Gasteiger partial charge in [-0.15, -0.1) is 17.5 Å². The second-order valence-electron chi connectivity index (χ2n) is 7.22. The van der Waals surface area contributed by atoms with Crippen LogP contribution >= 0.6 is 12.4 Å². The average Bonchev–Trinajstić information content (AvgIpc) is 3.38. The molecule has 7 nitrogen and oxygen atoms in total. The molecular weight excluding hydrogens is 397 g/mol. The first-order valence-electron chi connectivity index (χ1n) is 9.22. The lowest BCUT2D eigenvalue weighted by molar-refractivity contribution is 0.0758. The Labute approximate surface area is 172 Å². The van der Waals surface area contributed by atoms with Crippen LogP contribution in [0.2, 0.25) is 0 Å². The lowest BCUT2D eigenvalue weighted by Crippen LogP contribution is -2.27. The SMILES string of the molecule is Cc1nc2n(c1-c1ccc(Oc3cccnn3)c(F)c1)CN(CC1CC1)C2=O.Cl. The van der Waals surface area contributed by atoms with Gasteiger partial charge in [-0.2, -0.15) is 5.10 Å². The van der Waals surface area contributed by atoms with Crippen LogP contribution in [0.3, 0.4) is 0 Å². The van der Waals surface area contributed by atoms with Crippen molar-refractivity contribution in [2.45, 2.75) is 26.4 Å². The standard InChI is InChI=1S/C20H18FN5O2.ClH/c1-12-18(26-11-25(10-13-4-5-13)20(27)19(26)23-12)14-6-7-16(15(21)9-14)28-17-3-2-8-22-24-17;/h2-3,6-9,13H,4-5,10-11H2,1H3;1H. The first-order chi connectivity index (χ1) is 13.6. The molecule has 3 heterocycles. The molecule has 0 atom stereocenters. The predicted octanol–water partition coefficient (Wildman–Crippen LogP) is 3.83. The number of amides is 1. The molecule has 1 aromatic carbocycles. The van der Waals surface area contributed by atoms with Crippen molar-refractivity contribution in [2.24, 2.45) is 5.92 Å². The van der Waals surface area contributed by atoms with E-state index >= 15 is 0 Å². The second-order valence-corrected chi connectivity index (χ2v) is 7.22. The highest BCUT2D eigenvalue weighted by Crippen LogP contribution is 2.35. The Morgan fingerprint density at radius 1 is 1.28 bits per heavy atom. The number of ether oxygens (including phenoxy) is 1. The van der Waals surface area contributed by atoms with E-state index in [1.54, 1.807) is 24.3 Å². The highest BCUT2D eigenvalue weighted by molar-refractivity contribution is 5.94. The third-order valence-corrected chi connectivity index (χ3v) is 5.08. The molecular formula is C20H19ClFN5O2. The van der Waals surface area contributed by atoms with Crippen molar-refractivity contribution >= 4 is 18.3 Å². The Hall–Kier alpha value is -3.00. The number of halogens is 2. The highest BCUT2D eigenvalue weighted by atomic mass is 35.5. The van der Waals surface area contributed by atoms with Gasteiger partial charge in [0.25, 0.3) is 5.91 Å². The fraction of sp³-hybridized carbons (Fsp3) is 0.300. The maximum Gasteiger partial charge on any atom is 0.291 e. The Morgan fingerprint density at radius 2 is 2.10 bits per heavy atom. The molecule has 150 valence electrons. The zero-order valence-corrected chi connectivity index (χ0v) is 16.5. The molecule has 0 bridgehead atoms. The predicted molar refractivity (Wildman–Crippen MR) is 105 cm³/mol. The number of benzene rings is 1. The van der Waals surface area contributed by atoms with E-state index < -0.39 is 5.82 Å². The van der Waals surface area contributed by atoms with E-state index in [9.17, 15) is 9.18 Å². The molecule has 29 heavy (non-hydrogen) atoms. The molecule has 1 fully saturated rings. The van der Waals surface area contributed by atoms with Crippen LogP contribution in [0.1, 0.15) is 29.2 Å². The van der Waals surface area contributed by atoms with Crippen LogP contribution in [-0.2, 0) is 6.67 Å². The van der Waals surface area contributed by atoms with Crippen LogP contribution in [-0.4, -0.2) is 37.1 Å². The number of hydrogen-bond acceptors (Lipinski definition) is 5. The summed E-state index contributed by atoms with van der Waals surface area (Å²) in [7, 11) is 0. The van der Waals surface area contributed by atoms with Gasteiger partial charge in [-0.25, -0.2) is 9.37 Å². The number of carbonyl (C=O) groups is 1. The molecule has 1 amide bonds. The van der Waals surface area contributed by atoms with E-state index in [-0.39, 0.29) is 29.9 Å². The van der Waals surface area contributed by atoms with Gasteiger partial charge in [0.05, 0.1) is 18.1 Å². The van der Waals surface area contributed by atoms with Crippen LogP contribution in [0.15, 0.2) is 36.5 Å². The molecule has 5 rings (SSSR count). The molecule has 2 aromatic heterocycles. The van der Waals surface area contributed by atoms with Gasteiger partial charge in [0, 0.05) is 24.4 Å². The largest absolute Gasteiger partial charge is 0.434 e. The molecule has 0 radical (unpaired) electrons. The number of nitrogens with zero attached hydrogens (tertiary/aromatic N) is 5. The molecule has 3 aromatic rings. The van der Waals surface area contributed by atoms with Crippen LogP contribution in [0.25, 0.3) is 11.3 Å². The quantitative estimate of drug-likeness (QED) is 0.633. The Morgan fingerprint density at radius 3 is 2.79 bits per heavy atom. The van der Waals surface area contributed by atoms with Gasteiger partial charge in [-0.3, -0.25) is 4.79 Å². The third kappa shape index (κ3) is 3.55. The zero-order valence-electron chi connectivity index (χ0n) is 15.7. The van der Waals surface area contributed by atoms with Crippen LogP contribution in [0.4, 0.5) is 4.39 Å². The Balaban J connectivity index is 0.00000205. The molecule has 0 spiro atoms. The molecule has 1 aliphatic heterocycles. The van der Waals surface area contributed by atoms with Crippen molar-refractivity contribution in [1.82, 2.24) is 24.6 Å². The summed E-state index contributed by atoms with van der Waals surface area (Å²) in [4.78, 5) is 18.9. The Kier molecular flexibility index (Phi) is 4.96. The first-order valence-corrected chi connectivity index (χ1v) is 9.22. The summed E-state index contributed by atoms with van der Waals surface area (Å²) in [5.74, 6) is 0.745. The van der Waals surface area contributed by atoms with Crippen molar-refractivity contribution in [1.29, 1.82) is 0 Å². The Bertz CT molecular complexity index is 1070. The summed E-state index contributed by atoms with van der Waals surface area (Å²) in [6.07, 6.45) is 3.87. The van der Waals surface area contributed by atoms with Crippen molar-refractivity contribution in [2.75, 3.05) is 6.54 Å². The van der Waals surface area contributed by atoms with Crippen molar-refractivity contribution in [3.8, 4) is 22.9 Å². The maximum absolute atomic E-state index is 14.7. The number of aromatic nitrogens is 4. The molecule has 2 aliphatic rings. The van der Waals surface area contributed by atoms with Gasteiger partial charge in [0.2, 0.25) is 11.7 Å². The summed E-state index contributed by atoms with van der Waals surface area (Å²) in [6.45, 7) is 3.06. The number of fused-ring (bicyclic) bond motifs is 1. The molecule has 0 unspecified atom stereocenters. The molecule has 1 aliphatic carbocycles. The summed E-state index contributed by atoms with van der Waals surface area (Å²) >= 11 is 0. The lowest BCUT2D eigenvalue weighted by Gasteiger charge is -2.16. The second kappa shape index (κ2) is 7.44.